The second-order valence-electron chi connectivity index (χ2n) is 7.16. The van der Waals surface area contributed by atoms with Gasteiger partial charge in [-0.05, 0) is 43.2 Å². The van der Waals surface area contributed by atoms with E-state index in [1.807, 2.05) is 12.1 Å². The van der Waals surface area contributed by atoms with Crippen LogP contribution in [0.3, 0.4) is 0 Å². The summed E-state index contributed by atoms with van der Waals surface area (Å²) in [5.41, 5.74) is 0.910. The number of rotatable bonds is 7. The number of anilines is 1. The minimum absolute atomic E-state index is 0.0148. The average Bonchev–Trinajstić information content (AvgIpc) is 3.35. The summed E-state index contributed by atoms with van der Waals surface area (Å²) >= 11 is 1.17. The number of likely N-dealkylation sites (tertiary alicyclic amines) is 1. The average molecular weight is 441 g/mol. The fraction of sp³-hybridized carbons (Fsp3) is 0.286. The van der Waals surface area contributed by atoms with Crippen molar-refractivity contribution < 1.29 is 14.0 Å². The maximum absolute atomic E-state index is 14.0. The standard InChI is InChI=1S/C21H21FN6O2S/c1-14-7-8-16(15(22)11-14)24-19(29)13-31-21-26-25-18(12-27-10-4-6-20(27)30)28(21)17-5-2-3-9-23-17/h2-3,5,7-9,11H,4,6,10,12-13H2,1H3,(H,24,29). The number of thioether (sulfide) groups is 1. The molecular weight excluding hydrogens is 419 g/mol. The molecule has 0 radical (unpaired) electrons. The highest BCUT2D eigenvalue weighted by molar-refractivity contribution is 7.99. The van der Waals surface area contributed by atoms with Crippen molar-refractivity contribution in [2.24, 2.45) is 0 Å². The van der Waals surface area contributed by atoms with Crippen LogP contribution in [-0.4, -0.2) is 48.8 Å². The number of halogens is 1. The van der Waals surface area contributed by atoms with E-state index in [1.165, 1.54) is 23.9 Å². The van der Waals surface area contributed by atoms with Crippen molar-refractivity contribution in [1.82, 2.24) is 24.6 Å². The van der Waals surface area contributed by atoms with Gasteiger partial charge in [0.1, 0.15) is 11.6 Å². The van der Waals surface area contributed by atoms with Crippen molar-refractivity contribution in [2.45, 2.75) is 31.5 Å². The highest BCUT2D eigenvalue weighted by atomic mass is 32.2. The first-order valence-corrected chi connectivity index (χ1v) is 10.8. The molecule has 1 aliphatic heterocycles. The topological polar surface area (TPSA) is 93.0 Å². The summed E-state index contributed by atoms with van der Waals surface area (Å²) < 4.78 is 15.7. The molecule has 2 amide bonds. The van der Waals surface area contributed by atoms with Gasteiger partial charge in [-0.15, -0.1) is 10.2 Å². The largest absolute Gasteiger partial charge is 0.335 e. The number of nitrogens with zero attached hydrogens (tertiary/aromatic N) is 5. The Morgan fingerprint density at radius 3 is 2.84 bits per heavy atom. The Morgan fingerprint density at radius 1 is 1.26 bits per heavy atom. The summed E-state index contributed by atoms with van der Waals surface area (Å²) in [6.07, 6.45) is 3.02. The second-order valence-corrected chi connectivity index (χ2v) is 8.10. The van der Waals surface area contributed by atoms with Crippen LogP contribution in [-0.2, 0) is 16.1 Å². The fourth-order valence-corrected chi connectivity index (χ4v) is 4.05. The van der Waals surface area contributed by atoms with E-state index < -0.39 is 5.82 Å². The van der Waals surface area contributed by atoms with Crippen LogP contribution in [0.15, 0.2) is 47.8 Å². The summed E-state index contributed by atoms with van der Waals surface area (Å²) in [7, 11) is 0. The molecule has 1 fully saturated rings. The Kier molecular flexibility index (Phi) is 6.26. The van der Waals surface area contributed by atoms with Crippen molar-refractivity contribution in [1.29, 1.82) is 0 Å². The van der Waals surface area contributed by atoms with Crippen molar-refractivity contribution in [3.8, 4) is 5.82 Å². The molecular formula is C21H21FN6O2S. The lowest BCUT2D eigenvalue weighted by molar-refractivity contribution is -0.128. The lowest BCUT2D eigenvalue weighted by Gasteiger charge is -2.16. The molecule has 0 spiro atoms. The number of carbonyl (C=O) groups is 2. The number of aryl methyl sites for hydroxylation is 1. The van der Waals surface area contributed by atoms with E-state index in [2.05, 4.69) is 20.5 Å². The van der Waals surface area contributed by atoms with Gasteiger partial charge in [-0.2, -0.15) is 0 Å². The molecule has 160 valence electrons. The van der Waals surface area contributed by atoms with Gasteiger partial charge in [-0.25, -0.2) is 9.37 Å². The highest BCUT2D eigenvalue weighted by Crippen LogP contribution is 2.24. The van der Waals surface area contributed by atoms with Gasteiger partial charge in [0.2, 0.25) is 11.8 Å². The number of aromatic nitrogens is 4. The molecule has 0 aliphatic carbocycles. The quantitative estimate of drug-likeness (QED) is 0.568. The predicted octanol–water partition coefficient (Wildman–Crippen LogP) is 2.96. The van der Waals surface area contributed by atoms with E-state index in [-0.39, 0.29) is 23.3 Å². The minimum atomic E-state index is -0.479. The molecule has 3 aromatic rings. The van der Waals surface area contributed by atoms with E-state index >= 15 is 0 Å². The van der Waals surface area contributed by atoms with Crippen LogP contribution >= 0.6 is 11.8 Å². The number of benzene rings is 1. The molecule has 1 N–H and O–H groups in total. The van der Waals surface area contributed by atoms with Gasteiger partial charge >= 0.3 is 0 Å². The third kappa shape index (κ3) is 4.91. The van der Waals surface area contributed by atoms with E-state index in [4.69, 9.17) is 0 Å². The number of carbonyl (C=O) groups excluding carboxylic acids is 2. The molecule has 2 aromatic heterocycles. The van der Waals surface area contributed by atoms with Crippen LogP contribution in [0.4, 0.5) is 10.1 Å². The van der Waals surface area contributed by atoms with Gasteiger partial charge < -0.3 is 10.2 Å². The molecule has 8 nitrogen and oxygen atoms in total. The Bertz CT molecular complexity index is 1100. The molecule has 0 bridgehead atoms. The summed E-state index contributed by atoms with van der Waals surface area (Å²) in [5, 5.41) is 11.5. The van der Waals surface area contributed by atoms with E-state index in [0.717, 1.165) is 12.0 Å². The first-order valence-electron chi connectivity index (χ1n) is 9.83. The predicted molar refractivity (Wildman–Crippen MR) is 114 cm³/mol. The third-order valence-electron chi connectivity index (χ3n) is 4.81. The Morgan fingerprint density at radius 2 is 2.13 bits per heavy atom. The maximum atomic E-state index is 14.0. The molecule has 4 rings (SSSR count). The zero-order valence-corrected chi connectivity index (χ0v) is 17.7. The number of amides is 2. The molecule has 10 heteroatoms. The van der Waals surface area contributed by atoms with Gasteiger partial charge in [0.05, 0.1) is 18.0 Å². The number of pyridine rings is 1. The Labute approximate surface area is 182 Å². The number of hydrogen-bond donors (Lipinski definition) is 1. The van der Waals surface area contributed by atoms with E-state index in [9.17, 15) is 14.0 Å². The Balaban J connectivity index is 1.51. The highest BCUT2D eigenvalue weighted by Gasteiger charge is 2.24. The zero-order valence-electron chi connectivity index (χ0n) is 16.9. The van der Waals surface area contributed by atoms with Crippen LogP contribution in [0.5, 0.6) is 0 Å². The van der Waals surface area contributed by atoms with Crippen molar-refractivity contribution in [3.63, 3.8) is 0 Å². The van der Waals surface area contributed by atoms with E-state index in [0.29, 0.717) is 36.3 Å². The number of nitrogens with one attached hydrogen (secondary N) is 1. The second kappa shape index (κ2) is 9.25. The number of hydrogen-bond acceptors (Lipinski definition) is 6. The molecule has 0 atom stereocenters. The van der Waals surface area contributed by atoms with Crippen LogP contribution in [0.1, 0.15) is 24.2 Å². The summed E-state index contributed by atoms with van der Waals surface area (Å²) in [4.78, 5) is 30.5. The molecule has 31 heavy (non-hydrogen) atoms. The minimum Gasteiger partial charge on any atom is -0.335 e. The molecule has 3 heterocycles. The fourth-order valence-electron chi connectivity index (χ4n) is 3.29. The zero-order chi connectivity index (χ0) is 21.8. The van der Waals surface area contributed by atoms with Gasteiger partial charge in [-0.1, -0.05) is 23.9 Å². The van der Waals surface area contributed by atoms with Gasteiger partial charge in [0.15, 0.2) is 11.0 Å². The van der Waals surface area contributed by atoms with Gasteiger partial charge in [0.25, 0.3) is 0 Å². The maximum Gasteiger partial charge on any atom is 0.234 e. The smallest absolute Gasteiger partial charge is 0.234 e. The van der Waals surface area contributed by atoms with Crippen molar-refractivity contribution in [3.05, 3.63) is 59.8 Å². The summed E-state index contributed by atoms with van der Waals surface area (Å²) in [5.74, 6) is 0.431. The lowest BCUT2D eigenvalue weighted by atomic mass is 10.2. The van der Waals surface area contributed by atoms with Crippen LogP contribution in [0, 0.1) is 12.7 Å². The molecule has 0 unspecified atom stereocenters. The van der Waals surface area contributed by atoms with Crippen LogP contribution in [0.25, 0.3) is 5.82 Å². The van der Waals surface area contributed by atoms with E-state index in [1.54, 1.807) is 34.7 Å². The summed E-state index contributed by atoms with van der Waals surface area (Å²) in [6, 6.07) is 10.1. The molecule has 0 saturated carbocycles. The first kappa shape index (κ1) is 21.0. The van der Waals surface area contributed by atoms with Crippen LogP contribution in [0.2, 0.25) is 0 Å². The van der Waals surface area contributed by atoms with Gasteiger partial charge in [0, 0.05) is 19.2 Å². The Hall–Kier alpha value is -3.27. The monoisotopic (exact) mass is 440 g/mol. The third-order valence-corrected chi connectivity index (χ3v) is 5.74. The van der Waals surface area contributed by atoms with Crippen molar-refractivity contribution >= 4 is 29.3 Å². The van der Waals surface area contributed by atoms with Crippen LogP contribution < -0.4 is 5.32 Å². The molecule has 1 aliphatic rings. The first-order chi connectivity index (χ1) is 15.0. The molecule has 1 saturated heterocycles. The normalized spacial score (nSPS) is 13.6. The van der Waals surface area contributed by atoms with Gasteiger partial charge in [-0.3, -0.25) is 14.2 Å². The summed E-state index contributed by atoms with van der Waals surface area (Å²) in [6.45, 7) is 2.78. The lowest BCUT2D eigenvalue weighted by Crippen LogP contribution is -2.26. The molecule has 1 aromatic carbocycles. The SMILES string of the molecule is Cc1ccc(NC(=O)CSc2nnc(CN3CCCC3=O)n2-c2ccccn2)c(F)c1. The van der Waals surface area contributed by atoms with Crippen molar-refractivity contribution in [2.75, 3.05) is 17.6 Å².